The highest BCUT2D eigenvalue weighted by Gasteiger charge is 2.27. The summed E-state index contributed by atoms with van der Waals surface area (Å²) in [4.78, 5) is 16.5. The summed E-state index contributed by atoms with van der Waals surface area (Å²) in [5.41, 5.74) is 2.24. The van der Waals surface area contributed by atoms with Gasteiger partial charge in [0, 0.05) is 19.7 Å². The molecule has 0 aromatic carbocycles. The Labute approximate surface area is 100 Å². The van der Waals surface area contributed by atoms with E-state index in [9.17, 15) is 4.79 Å². The molecule has 2 rings (SSSR count). The van der Waals surface area contributed by atoms with Gasteiger partial charge in [0.15, 0.2) is 0 Å². The average molecular weight is 236 g/mol. The first-order valence-electron chi connectivity index (χ1n) is 5.56. The molecule has 1 fully saturated rings. The van der Waals surface area contributed by atoms with Gasteiger partial charge in [0.05, 0.1) is 6.04 Å². The van der Waals surface area contributed by atoms with Gasteiger partial charge in [-0.25, -0.2) is 0 Å². The fraction of sp³-hybridized carbons (Fsp3) is 0.500. The number of nitrogens with one attached hydrogen (secondary N) is 1. The molecule has 1 amide bonds. The van der Waals surface area contributed by atoms with Crippen molar-refractivity contribution in [3.63, 3.8) is 0 Å². The lowest BCUT2D eigenvalue weighted by Gasteiger charge is -2.23. The van der Waals surface area contributed by atoms with E-state index in [0.717, 1.165) is 29.6 Å². The monoisotopic (exact) mass is 236 g/mol. The normalized spacial score (nSPS) is 20.1. The van der Waals surface area contributed by atoms with Crippen molar-refractivity contribution in [2.45, 2.75) is 32.7 Å². The molecule has 1 N–H and O–H groups in total. The predicted octanol–water partition coefficient (Wildman–Crippen LogP) is 2.74. The van der Waals surface area contributed by atoms with Gasteiger partial charge in [-0.15, -0.1) is 0 Å². The zero-order valence-corrected chi connectivity index (χ0v) is 10.4. The van der Waals surface area contributed by atoms with Crippen LogP contribution in [0.1, 0.15) is 36.9 Å². The third-order valence-corrected chi connectivity index (χ3v) is 3.59. The summed E-state index contributed by atoms with van der Waals surface area (Å²) in [7, 11) is 0. The fourth-order valence-corrected chi connectivity index (χ4v) is 2.42. The number of pyridine rings is 1. The molecule has 0 radical (unpaired) electrons. The van der Waals surface area contributed by atoms with Crippen LogP contribution in [0.25, 0.3) is 0 Å². The average Bonchev–Trinajstić information content (AvgIpc) is 2.71. The summed E-state index contributed by atoms with van der Waals surface area (Å²) >= 11 is 5.13. The second-order valence-electron chi connectivity index (χ2n) is 4.32. The molecule has 1 aliphatic heterocycles. The minimum atomic E-state index is 0.155. The van der Waals surface area contributed by atoms with Gasteiger partial charge in [0.1, 0.15) is 4.64 Å². The Morgan fingerprint density at radius 3 is 3.00 bits per heavy atom. The molecule has 1 aromatic heterocycles. The van der Waals surface area contributed by atoms with E-state index in [1.165, 1.54) is 5.56 Å². The molecular weight excluding hydrogens is 220 g/mol. The van der Waals surface area contributed by atoms with Crippen molar-refractivity contribution in [3.05, 3.63) is 28.0 Å². The van der Waals surface area contributed by atoms with E-state index < -0.39 is 0 Å². The molecular formula is C12H16N2OS. The first kappa shape index (κ1) is 11.3. The molecule has 16 heavy (non-hydrogen) atoms. The van der Waals surface area contributed by atoms with Gasteiger partial charge in [-0.1, -0.05) is 12.2 Å². The van der Waals surface area contributed by atoms with E-state index in [1.54, 1.807) is 6.92 Å². The molecule has 2 heterocycles. The van der Waals surface area contributed by atoms with E-state index in [4.69, 9.17) is 12.2 Å². The zero-order valence-electron chi connectivity index (χ0n) is 9.62. The quantitative estimate of drug-likeness (QED) is 0.761. The van der Waals surface area contributed by atoms with Crippen LogP contribution in [0.4, 0.5) is 0 Å². The maximum Gasteiger partial charge on any atom is 0.219 e. The number of H-pyrrole nitrogens is 1. The Morgan fingerprint density at radius 2 is 2.38 bits per heavy atom. The van der Waals surface area contributed by atoms with Crippen LogP contribution in [0.5, 0.6) is 0 Å². The van der Waals surface area contributed by atoms with E-state index in [0.29, 0.717) is 0 Å². The SMILES string of the molecule is CC(=O)N1CCC[C@H]1c1c[nH]c(=S)c(C)c1. The van der Waals surface area contributed by atoms with Gasteiger partial charge in [-0.2, -0.15) is 0 Å². The largest absolute Gasteiger partial charge is 0.352 e. The van der Waals surface area contributed by atoms with Crippen molar-refractivity contribution in [1.82, 2.24) is 9.88 Å². The molecule has 0 aliphatic carbocycles. The zero-order chi connectivity index (χ0) is 11.7. The highest BCUT2D eigenvalue weighted by atomic mass is 32.1. The predicted molar refractivity (Wildman–Crippen MR) is 65.7 cm³/mol. The van der Waals surface area contributed by atoms with Crippen LogP contribution < -0.4 is 0 Å². The molecule has 1 atom stereocenters. The topological polar surface area (TPSA) is 36.1 Å². The standard InChI is InChI=1S/C12H16N2OS/c1-8-6-10(7-13-12(8)16)11-4-3-5-14(11)9(2)15/h6-7,11H,3-5H2,1-2H3,(H,13,16)/t11-/m0/s1. The Balaban J connectivity index is 2.33. The summed E-state index contributed by atoms with van der Waals surface area (Å²) in [6, 6.07) is 2.31. The Morgan fingerprint density at radius 1 is 1.62 bits per heavy atom. The number of hydrogen-bond acceptors (Lipinski definition) is 2. The summed E-state index contributed by atoms with van der Waals surface area (Å²) in [6.45, 7) is 4.50. The molecule has 4 heteroatoms. The van der Waals surface area contributed by atoms with Crippen molar-refractivity contribution in [1.29, 1.82) is 0 Å². The molecule has 0 bridgehead atoms. The smallest absolute Gasteiger partial charge is 0.219 e. The Bertz CT molecular complexity index is 466. The summed E-state index contributed by atoms with van der Waals surface area (Å²) in [5, 5.41) is 0. The van der Waals surface area contributed by atoms with Crippen LogP contribution in [-0.4, -0.2) is 22.3 Å². The lowest BCUT2D eigenvalue weighted by atomic mass is 10.1. The molecule has 0 spiro atoms. The summed E-state index contributed by atoms with van der Waals surface area (Å²) < 4.78 is 0.774. The van der Waals surface area contributed by atoms with E-state index in [2.05, 4.69) is 11.1 Å². The molecule has 0 saturated carbocycles. The van der Waals surface area contributed by atoms with Gasteiger partial charge >= 0.3 is 0 Å². The van der Waals surface area contributed by atoms with Gasteiger partial charge in [-0.3, -0.25) is 4.79 Å². The minimum absolute atomic E-state index is 0.155. The maximum atomic E-state index is 11.5. The number of rotatable bonds is 1. The number of carbonyl (C=O) groups is 1. The van der Waals surface area contributed by atoms with Gasteiger partial charge in [-0.05, 0) is 37.0 Å². The van der Waals surface area contributed by atoms with Gasteiger partial charge < -0.3 is 9.88 Å². The second kappa shape index (κ2) is 4.37. The van der Waals surface area contributed by atoms with E-state index in [1.807, 2.05) is 18.0 Å². The van der Waals surface area contributed by atoms with E-state index in [-0.39, 0.29) is 11.9 Å². The van der Waals surface area contributed by atoms with Crippen molar-refractivity contribution < 1.29 is 4.79 Å². The third-order valence-electron chi connectivity index (χ3n) is 3.15. The fourth-order valence-electron chi connectivity index (χ4n) is 2.30. The molecule has 1 aromatic rings. The Hall–Kier alpha value is -1.16. The Kier molecular flexibility index (Phi) is 3.10. The molecule has 0 unspecified atom stereocenters. The van der Waals surface area contributed by atoms with Gasteiger partial charge in [0.25, 0.3) is 0 Å². The number of amides is 1. The maximum absolute atomic E-state index is 11.5. The van der Waals surface area contributed by atoms with Crippen molar-refractivity contribution in [2.24, 2.45) is 0 Å². The summed E-state index contributed by atoms with van der Waals surface area (Å²) in [5.74, 6) is 0.155. The van der Waals surface area contributed by atoms with Crippen LogP contribution in [0.2, 0.25) is 0 Å². The lowest BCUT2D eigenvalue weighted by molar-refractivity contribution is -0.129. The number of aromatic amines is 1. The lowest BCUT2D eigenvalue weighted by Crippen LogP contribution is -2.28. The number of aromatic nitrogens is 1. The third kappa shape index (κ3) is 2.02. The van der Waals surface area contributed by atoms with Crippen LogP contribution in [0, 0.1) is 11.6 Å². The number of carbonyl (C=O) groups excluding carboxylic acids is 1. The van der Waals surface area contributed by atoms with Crippen LogP contribution >= 0.6 is 12.2 Å². The molecule has 3 nitrogen and oxygen atoms in total. The van der Waals surface area contributed by atoms with Crippen molar-refractivity contribution >= 4 is 18.1 Å². The van der Waals surface area contributed by atoms with Crippen LogP contribution in [-0.2, 0) is 4.79 Å². The number of nitrogens with zero attached hydrogens (tertiary/aromatic N) is 1. The highest BCUT2D eigenvalue weighted by Crippen LogP contribution is 2.31. The number of hydrogen-bond donors (Lipinski definition) is 1. The van der Waals surface area contributed by atoms with Crippen LogP contribution in [0.3, 0.4) is 0 Å². The highest BCUT2D eigenvalue weighted by molar-refractivity contribution is 7.71. The number of aryl methyl sites for hydroxylation is 1. The molecule has 86 valence electrons. The summed E-state index contributed by atoms with van der Waals surface area (Å²) in [6.07, 6.45) is 4.06. The van der Waals surface area contributed by atoms with Crippen LogP contribution in [0.15, 0.2) is 12.3 Å². The van der Waals surface area contributed by atoms with Crippen molar-refractivity contribution in [2.75, 3.05) is 6.54 Å². The van der Waals surface area contributed by atoms with E-state index >= 15 is 0 Å². The first-order valence-corrected chi connectivity index (χ1v) is 5.97. The van der Waals surface area contributed by atoms with Gasteiger partial charge in [0.2, 0.25) is 5.91 Å². The molecule has 1 saturated heterocycles. The first-order chi connectivity index (χ1) is 7.59. The molecule has 1 aliphatic rings. The second-order valence-corrected chi connectivity index (χ2v) is 4.72. The minimum Gasteiger partial charge on any atom is -0.352 e. The number of likely N-dealkylation sites (tertiary alicyclic amines) is 1. The van der Waals surface area contributed by atoms with Crippen molar-refractivity contribution in [3.8, 4) is 0 Å².